The lowest BCUT2D eigenvalue weighted by molar-refractivity contribution is -0.148. The number of nitrogens with zero attached hydrogens (tertiary/aromatic N) is 1. The van der Waals surface area contributed by atoms with Crippen LogP contribution in [0.1, 0.15) is 25.1 Å². The molecule has 1 N–H and O–H groups in total. The third kappa shape index (κ3) is 2.22. The standard InChI is InChI=1S/C12H16N2O2/c1-2-16-12(15)9-6-8-14-11(9)10-5-3-4-7-13-10/h3-5,7,9,11,14H,2,6,8H2,1H3/t9-,11+/m0/s1. The lowest BCUT2D eigenvalue weighted by Gasteiger charge is -2.17. The summed E-state index contributed by atoms with van der Waals surface area (Å²) in [6.07, 6.45) is 2.57. The zero-order chi connectivity index (χ0) is 11.4. The van der Waals surface area contributed by atoms with Gasteiger partial charge in [-0.3, -0.25) is 9.78 Å². The van der Waals surface area contributed by atoms with Crippen molar-refractivity contribution in [3.63, 3.8) is 0 Å². The number of nitrogens with one attached hydrogen (secondary N) is 1. The van der Waals surface area contributed by atoms with Crippen LogP contribution >= 0.6 is 0 Å². The van der Waals surface area contributed by atoms with Crippen LogP contribution in [0.25, 0.3) is 0 Å². The highest BCUT2D eigenvalue weighted by atomic mass is 16.5. The van der Waals surface area contributed by atoms with E-state index in [1.54, 1.807) is 6.20 Å². The Kier molecular flexibility index (Phi) is 3.51. The third-order valence-electron chi connectivity index (χ3n) is 2.82. The number of esters is 1. The van der Waals surface area contributed by atoms with Crippen LogP contribution in [0.3, 0.4) is 0 Å². The van der Waals surface area contributed by atoms with Gasteiger partial charge in [0.05, 0.1) is 24.3 Å². The molecule has 2 rings (SSSR count). The van der Waals surface area contributed by atoms with E-state index in [1.165, 1.54) is 0 Å². The van der Waals surface area contributed by atoms with E-state index < -0.39 is 0 Å². The Balaban J connectivity index is 2.12. The topological polar surface area (TPSA) is 51.2 Å². The first-order chi connectivity index (χ1) is 7.83. The Morgan fingerprint density at radius 3 is 3.19 bits per heavy atom. The van der Waals surface area contributed by atoms with E-state index in [1.807, 2.05) is 25.1 Å². The minimum absolute atomic E-state index is 0.000231. The van der Waals surface area contributed by atoms with E-state index in [4.69, 9.17) is 4.74 Å². The summed E-state index contributed by atoms with van der Waals surface area (Å²) in [6.45, 7) is 3.10. The Morgan fingerprint density at radius 1 is 1.62 bits per heavy atom. The van der Waals surface area contributed by atoms with Gasteiger partial charge in [0.15, 0.2) is 0 Å². The van der Waals surface area contributed by atoms with E-state index in [0.29, 0.717) is 6.61 Å². The second-order valence-electron chi connectivity index (χ2n) is 3.83. The van der Waals surface area contributed by atoms with Gasteiger partial charge in [-0.15, -0.1) is 0 Å². The van der Waals surface area contributed by atoms with Gasteiger partial charge >= 0.3 is 5.97 Å². The molecular formula is C12H16N2O2. The largest absolute Gasteiger partial charge is 0.466 e. The molecule has 2 heterocycles. The minimum Gasteiger partial charge on any atom is -0.466 e. The predicted molar refractivity (Wildman–Crippen MR) is 59.7 cm³/mol. The molecule has 2 atom stereocenters. The van der Waals surface area contributed by atoms with Crippen LogP contribution in [-0.2, 0) is 9.53 Å². The van der Waals surface area contributed by atoms with Gasteiger partial charge < -0.3 is 10.1 Å². The molecule has 4 heteroatoms. The number of carbonyl (C=O) groups excluding carboxylic acids is 1. The molecule has 86 valence electrons. The van der Waals surface area contributed by atoms with Crippen LogP contribution in [0.5, 0.6) is 0 Å². The van der Waals surface area contributed by atoms with E-state index in [2.05, 4.69) is 10.3 Å². The number of ether oxygens (including phenoxy) is 1. The summed E-state index contributed by atoms with van der Waals surface area (Å²) < 4.78 is 5.07. The molecule has 1 saturated heterocycles. The van der Waals surface area contributed by atoms with Gasteiger partial charge in [-0.2, -0.15) is 0 Å². The van der Waals surface area contributed by atoms with Crippen molar-refractivity contribution in [2.45, 2.75) is 19.4 Å². The summed E-state index contributed by atoms with van der Waals surface area (Å²) >= 11 is 0. The average Bonchev–Trinajstić information content (AvgIpc) is 2.79. The van der Waals surface area contributed by atoms with Gasteiger partial charge in [0, 0.05) is 6.20 Å². The highest BCUT2D eigenvalue weighted by Crippen LogP contribution is 2.29. The Labute approximate surface area is 95.0 Å². The molecule has 1 fully saturated rings. The molecule has 0 spiro atoms. The lowest BCUT2D eigenvalue weighted by atomic mass is 9.98. The van der Waals surface area contributed by atoms with Crippen LogP contribution in [0.4, 0.5) is 0 Å². The van der Waals surface area contributed by atoms with Crippen molar-refractivity contribution in [2.75, 3.05) is 13.2 Å². The van der Waals surface area contributed by atoms with Crippen LogP contribution < -0.4 is 5.32 Å². The maximum absolute atomic E-state index is 11.7. The van der Waals surface area contributed by atoms with Gasteiger partial charge in [0.25, 0.3) is 0 Å². The maximum Gasteiger partial charge on any atom is 0.310 e. The summed E-state index contributed by atoms with van der Waals surface area (Å²) in [7, 11) is 0. The predicted octanol–water partition coefficient (Wildman–Crippen LogP) is 1.30. The fourth-order valence-corrected chi connectivity index (χ4v) is 2.08. The number of carbonyl (C=O) groups is 1. The number of aromatic nitrogens is 1. The van der Waals surface area contributed by atoms with E-state index >= 15 is 0 Å². The molecule has 0 bridgehead atoms. The number of pyridine rings is 1. The average molecular weight is 220 g/mol. The Hall–Kier alpha value is -1.42. The van der Waals surface area contributed by atoms with Gasteiger partial charge in [-0.25, -0.2) is 0 Å². The monoisotopic (exact) mass is 220 g/mol. The molecule has 0 saturated carbocycles. The van der Waals surface area contributed by atoms with E-state index in [9.17, 15) is 4.79 Å². The van der Waals surface area contributed by atoms with Crippen molar-refractivity contribution in [1.82, 2.24) is 10.3 Å². The summed E-state index contributed by atoms with van der Waals surface area (Å²) in [5.74, 6) is -0.224. The molecule has 0 aliphatic carbocycles. The van der Waals surface area contributed by atoms with Gasteiger partial charge in [-0.1, -0.05) is 6.07 Å². The molecule has 1 aromatic heterocycles. The zero-order valence-electron chi connectivity index (χ0n) is 9.35. The zero-order valence-corrected chi connectivity index (χ0v) is 9.35. The first-order valence-electron chi connectivity index (χ1n) is 5.64. The SMILES string of the molecule is CCOC(=O)[C@H]1CCN[C@H]1c1ccccn1. The molecular weight excluding hydrogens is 204 g/mol. The van der Waals surface area contributed by atoms with Crippen molar-refractivity contribution in [2.24, 2.45) is 5.92 Å². The van der Waals surface area contributed by atoms with Crippen molar-refractivity contribution >= 4 is 5.97 Å². The fraction of sp³-hybridized carbons (Fsp3) is 0.500. The van der Waals surface area contributed by atoms with Crippen molar-refractivity contribution < 1.29 is 9.53 Å². The molecule has 1 aliphatic rings. The van der Waals surface area contributed by atoms with Crippen molar-refractivity contribution in [1.29, 1.82) is 0 Å². The van der Waals surface area contributed by atoms with Crippen molar-refractivity contribution in [3.05, 3.63) is 30.1 Å². The number of rotatable bonds is 3. The van der Waals surface area contributed by atoms with Gasteiger partial charge in [0.2, 0.25) is 0 Å². The Bertz CT molecular complexity index is 353. The molecule has 1 aromatic rings. The summed E-state index contributed by atoms with van der Waals surface area (Å²) in [5, 5.41) is 3.30. The summed E-state index contributed by atoms with van der Waals surface area (Å²) in [6, 6.07) is 5.75. The highest BCUT2D eigenvalue weighted by molar-refractivity contribution is 5.74. The first-order valence-corrected chi connectivity index (χ1v) is 5.64. The molecule has 0 radical (unpaired) electrons. The molecule has 16 heavy (non-hydrogen) atoms. The van der Waals surface area contributed by atoms with Gasteiger partial charge in [0.1, 0.15) is 0 Å². The Morgan fingerprint density at radius 2 is 2.50 bits per heavy atom. The smallest absolute Gasteiger partial charge is 0.310 e. The minimum atomic E-state index is -0.122. The number of hydrogen-bond donors (Lipinski definition) is 1. The van der Waals surface area contributed by atoms with Crippen LogP contribution in [0.15, 0.2) is 24.4 Å². The number of hydrogen-bond acceptors (Lipinski definition) is 4. The lowest BCUT2D eigenvalue weighted by Crippen LogP contribution is -2.25. The summed E-state index contributed by atoms with van der Waals surface area (Å²) in [4.78, 5) is 16.0. The van der Waals surface area contributed by atoms with Gasteiger partial charge in [-0.05, 0) is 32.0 Å². The second kappa shape index (κ2) is 5.07. The van der Waals surface area contributed by atoms with Crippen molar-refractivity contribution in [3.8, 4) is 0 Å². The normalized spacial score (nSPS) is 24.3. The van der Waals surface area contributed by atoms with E-state index in [0.717, 1.165) is 18.7 Å². The molecule has 1 aliphatic heterocycles. The molecule has 0 aromatic carbocycles. The third-order valence-corrected chi connectivity index (χ3v) is 2.82. The first kappa shape index (κ1) is 11.1. The fourth-order valence-electron chi connectivity index (χ4n) is 2.08. The van der Waals surface area contributed by atoms with Crippen LogP contribution in [-0.4, -0.2) is 24.1 Å². The quantitative estimate of drug-likeness (QED) is 0.780. The van der Waals surface area contributed by atoms with E-state index in [-0.39, 0.29) is 17.9 Å². The molecule has 4 nitrogen and oxygen atoms in total. The van der Waals surface area contributed by atoms with Crippen LogP contribution in [0.2, 0.25) is 0 Å². The van der Waals surface area contributed by atoms with Crippen LogP contribution in [0, 0.1) is 5.92 Å². The highest BCUT2D eigenvalue weighted by Gasteiger charge is 2.35. The summed E-state index contributed by atoms with van der Waals surface area (Å²) in [5.41, 5.74) is 0.915. The maximum atomic E-state index is 11.7. The molecule has 0 unspecified atom stereocenters. The molecule has 0 amide bonds. The second-order valence-corrected chi connectivity index (χ2v) is 3.83.